The van der Waals surface area contributed by atoms with Gasteiger partial charge in [0.15, 0.2) is 27.8 Å². The molecule has 0 aliphatic carbocycles. The Morgan fingerprint density at radius 3 is 2.58 bits per heavy atom. The van der Waals surface area contributed by atoms with Crippen molar-refractivity contribution in [1.29, 1.82) is 0 Å². The number of aromatic nitrogens is 4. The van der Waals surface area contributed by atoms with E-state index in [0.29, 0.717) is 34.4 Å². The molecule has 0 N–H and O–H groups in total. The van der Waals surface area contributed by atoms with Gasteiger partial charge in [-0.1, -0.05) is 27.7 Å². The summed E-state index contributed by atoms with van der Waals surface area (Å²) in [5, 5.41) is 0.655. The molecule has 0 unspecified atom stereocenters. The molecular weight excluding hydrogens is 424 g/mol. The second-order valence-corrected chi connectivity index (χ2v) is 7.49. The predicted molar refractivity (Wildman–Crippen MR) is 101 cm³/mol. The molecule has 26 heavy (non-hydrogen) atoms. The minimum Gasteiger partial charge on any atom is -0.454 e. The van der Waals surface area contributed by atoms with Crippen LogP contribution >= 0.6 is 27.7 Å². The van der Waals surface area contributed by atoms with E-state index in [2.05, 4.69) is 20.9 Å². The van der Waals surface area contributed by atoms with Gasteiger partial charge in [0, 0.05) is 18.6 Å². The van der Waals surface area contributed by atoms with E-state index in [1.807, 2.05) is 23.0 Å². The van der Waals surface area contributed by atoms with E-state index in [4.69, 9.17) is 9.47 Å². The minimum atomic E-state index is -0.399. The van der Waals surface area contributed by atoms with Gasteiger partial charge in [-0.2, -0.15) is 0 Å². The summed E-state index contributed by atoms with van der Waals surface area (Å²) in [5.41, 5.74) is 0.916. The Labute approximate surface area is 160 Å². The molecule has 0 spiro atoms. The summed E-state index contributed by atoms with van der Waals surface area (Å²) in [4.78, 5) is 29.4. The van der Waals surface area contributed by atoms with Crippen molar-refractivity contribution in [2.75, 3.05) is 13.0 Å². The zero-order valence-corrected chi connectivity index (χ0v) is 16.7. The van der Waals surface area contributed by atoms with E-state index in [1.165, 1.54) is 23.4 Å². The van der Waals surface area contributed by atoms with E-state index in [-0.39, 0.29) is 12.4 Å². The molecule has 8 nitrogen and oxygen atoms in total. The van der Waals surface area contributed by atoms with Crippen molar-refractivity contribution in [3.05, 3.63) is 43.0 Å². The van der Waals surface area contributed by atoms with E-state index < -0.39 is 5.69 Å². The third kappa shape index (κ3) is 2.47. The number of thioether (sulfide) groups is 1. The lowest BCUT2D eigenvalue weighted by Crippen LogP contribution is -2.37. The number of hydrogen-bond acceptors (Lipinski definition) is 6. The maximum absolute atomic E-state index is 12.7. The quantitative estimate of drug-likeness (QED) is 0.578. The van der Waals surface area contributed by atoms with Crippen LogP contribution in [0.2, 0.25) is 0 Å². The van der Waals surface area contributed by atoms with Crippen LogP contribution in [0.25, 0.3) is 11.2 Å². The molecule has 136 valence electrons. The summed E-state index contributed by atoms with van der Waals surface area (Å²) in [5.74, 6) is 1.35. The lowest BCUT2D eigenvalue weighted by Gasteiger charge is -2.11. The Morgan fingerprint density at radius 1 is 1.19 bits per heavy atom. The van der Waals surface area contributed by atoms with E-state index in [1.54, 1.807) is 7.05 Å². The van der Waals surface area contributed by atoms with Crippen LogP contribution in [-0.2, 0) is 20.6 Å². The maximum atomic E-state index is 12.7. The molecule has 0 bridgehead atoms. The van der Waals surface area contributed by atoms with Crippen LogP contribution in [0.3, 0.4) is 0 Å². The highest BCUT2D eigenvalue weighted by atomic mass is 79.9. The summed E-state index contributed by atoms with van der Waals surface area (Å²) >= 11 is 4.97. The third-order valence-electron chi connectivity index (χ3n) is 4.37. The first-order valence-corrected chi connectivity index (χ1v) is 9.72. The van der Waals surface area contributed by atoms with Crippen molar-refractivity contribution < 1.29 is 9.47 Å². The van der Waals surface area contributed by atoms with Crippen LogP contribution in [-0.4, -0.2) is 31.7 Å². The first-order valence-electron chi connectivity index (χ1n) is 7.70. The summed E-state index contributed by atoms with van der Waals surface area (Å²) < 4.78 is 16.0. The number of rotatable bonds is 3. The summed E-state index contributed by atoms with van der Waals surface area (Å²) in [7, 11) is 3.08. The van der Waals surface area contributed by atoms with Gasteiger partial charge in [-0.15, -0.1) is 0 Å². The number of halogens is 1. The van der Waals surface area contributed by atoms with E-state index >= 15 is 0 Å². The molecule has 0 saturated heterocycles. The van der Waals surface area contributed by atoms with Crippen LogP contribution in [0.1, 0.15) is 5.56 Å². The monoisotopic (exact) mass is 438 g/mol. The molecule has 10 heteroatoms. The molecule has 0 radical (unpaired) electrons. The van der Waals surface area contributed by atoms with Crippen molar-refractivity contribution in [3.63, 3.8) is 0 Å². The van der Waals surface area contributed by atoms with E-state index in [0.717, 1.165) is 14.6 Å². The molecule has 1 aromatic carbocycles. The zero-order valence-electron chi connectivity index (χ0n) is 14.3. The molecule has 0 atom stereocenters. The second kappa shape index (κ2) is 6.20. The smallest absolute Gasteiger partial charge is 0.332 e. The molecule has 1 aliphatic rings. The molecule has 3 aromatic rings. The zero-order chi connectivity index (χ0) is 18.6. The Kier molecular flexibility index (Phi) is 4.11. The number of fused-ring (bicyclic) bond motifs is 2. The van der Waals surface area contributed by atoms with Gasteiger partial charge in [0.2, 0.25) is 6.79 Å². The average Bonchev–Trinajstić information content (AvgIpc) is 3.22. The van der Waals surface area contributed by atoms with Gasteiger partial charge in [-0.3, -0.25) is 13.9 Å². The van der Waals surface area contributed by atoms with Gasteiger partial charge in [-0.05, 0) is 24.0 Å². The molecule has 0 fully saturated rings. The number of hydrogen-bond donors (Lipinski definition) is 0. The highest BCUT2D eigenvalue weighted by Crippen LogP contribution is 2.37. The molecule has 0 saturated carbocycles. The average molecular weight is 439 g/mol. The lowest BCUT2D eigenvalue weighted by molar-refractivity contribution is 0.174. The van der Waals surface area contributed by atoms with Gasteiger partial charge in [0.1, 0.15) is 0 Å². The maximum Gasteiger partial charge on any atom is 0.332 e. The van der Waals surface area contributed by atoms with Crippen LogP contribution < -0.4 is 20.7 Å². The van der Waals surface area contributed by atoms with Gasteiger partial charge in [-0.25, -0.2) is 9.78 Å². The van der Waals surface area contributed by atoms with Gasteiger partial charge in [0.25, 0.3) is 5.56 Å². The molecule has 4 rings (SSSR count). The largest absolute Gasteiger partial charge is 0.454 e. The third-order valence-corrected chi connectivity index (χ3v) is 5.78. The van der Waals surface area contributed by atoms with Crippen LogP contribution in [0.15, 0.2) is 31.4 Å². The fourth-order valence-corrected chi connectivity index (χ4v) is 3.98. The van der Waals surface area contributed by atoms with Crippen molar-refractivity contribution >= 4 is 38.9 Å². The highest BCUT2D eigenvalue weighted by molar-refractivity contribution is 9.10. The Hall–Kier alpha value is -2.20. The van der Waals surface area contributed by atoms with Gasteiger partial charge >= 0.3 is 5.69 Å². The molecular formula is C16H15BrN4O4S. The minimum absolute atomic E-state index is 0.192. The van der Waals surface area contributed by atoms with Gasteiger partial charge in [0.05, 0.1) is 6.54 Å². The predicted octanol–water partition coefficient (Wildman–Crippen LogP) is 1.70. The van der Waals surface area contributed by atoms with E-state index in [9.17, 15) is 9.59 Å². The molecule has 0 amide bonds. The van der Waals surface area contributed by atoms with Crippen molar-refractivity contribution in [3.8, 4) is 11.5 Å². The summed E-state index contributed by atoms with van der Waals surface area (Å²) in [6, 6.07) is 3.73. The number of ether oxygens (including phenoxy) is 2. The highest BCUT2D eigenvalue weighted by Gasteiger charge is 2.21. The fraction of sp³-hybridized carbons (Fsp3) is 0.312. The summed E-state index contributed by atoms with van der Waals surface area (Å²) in [6.45, 7) is 0.593. The van der Waals surface area contributed by atoms with Crippen LogP contribution in [0, 0.1) is 0 Å². The van der Waals surface area contributed by atoms with Gasteiger partial charge < -0.3 is 14.0 Å². The fourth-order valence-electron chi connectivity index (χ4n) is 2.98. The van der Waals surface area contributed by atoms with Crippen LogP contribution in [0.4, 0.5) is 0 Å². The first-order chi connectivity index (χ1) is 12.4. The topological polar surface area (TPSA) is 80.3 Å². The summed E-state index contributed by atoms with van der Waals surface area (Å²) in [6.07, 6.45) is 1.88. The lowest BCUT2D eigenvalue weighted by atomic mass is 10.2. The number of nitrogens with zero attached hydrogens (tertiary/aromatic N) is 4. The second-order valence-electron chi connectivity index (χ2n) is 5.86. The van der Waals surface area contributed by atoms with Crippen LogP contribution in [0.5, 0.6) is 11.5 Å². The Bertz CT molecular complexity index is 1160. The Balaban J connectivity index is 1.95. The van der Waals surface area contributed by atoms with Crippen molar-refractivity contribution in [2.45, 2.75) is 11.7 Å². The SMILES string of the molecule is CSc1nc2c(c(=O)n(C)c(=O)n2C)n1Cc1cc2c(cc1Br)OCO2. The van der Waals surface area contributed by atoms with Crippen molar-refractivity contribution in [2.24, 2.45) is 14.1 Å². The first kappa shape index (κ1) is 17.2. The molecule has 3 heterocycles. The molecule has 2 aromatic heterocycles. The number of benzene rings is 1. The molecule has 1 aliphatic heterocycles. The van der Waals surface area contributed by atoms with Crippen molar-refractivity contribution in [1.82, 2.24) is 18.7 Å². The normalized spacial score (nSPS) is 12.9. The standard InChI is InChI=1S/C16H15BrN4O4S/c1-19-13-12(14(22)20(2)16(19)23)21(15(18-13)26-3)6-8-4-10-11(5-9(8)17)25-7-24-10/h4-5H,6-7H2,1-3H3. The number of imidazole rings is 1. The number of aryl methyl sites for hydroxylation is 1. The Morgan fingerprint density at radius 2 is 1.88 bits per heavy atom.